The third-order valence-corrected chi connectivity index (χ3v) is 3.08. The Balaban J connectivity index is 1.99. The molecule has 1 heterocycles. The lowest BCUT2D eigenvalue weighted by atomic mass is 10.2. The Morgan fingerprint density at radius 2 is 2.05 bits per heavy atom. The lowest BCUT2D eigenvalue weighted by Gasteiger charge is -2.10. The Morgan fingerprint density at radius 1 is 1.37 bits per heavy atom. The molecule has 1 aromatic heterocycles. The summed E-state index contributed by atoms with van der Waals surface area (Å²) in [6.07, 6.45) is 5.39. The summed E-state index contributed by atoms with van der Waals surface area (Å²) < 4.78 is 1.81. The molecule has 3 N–H and O–H groups in total. The zero-order valence-corrected chi connectivity index (χ0v) is 11.4. The summed E-state index contributed by atoms with van der Waals surface area (Å²) in [6, 6.07) is 3.08. The van der Waals surface area contributed by atoms with E-state index in [4.69, 9.17) is 28.9 Å². The average molecular weight is 299 g/mol. The number of aryl methyl sites for hydroxylation is 1. The fraction of sp³-hybridized carbons (Fsp3) is 0.167. The third kappa shape index (κ3) is 3.62. The van der Waals surface area contributed by atoms with Crippen molar-refractivity contribution >= 4 is 40.5 Å². The molecule has 5 nitrogen and oxygen atoms in total. The maximum absolute atomic E-state index is 11.8. The molecular formula is C12H12Cl2N4O. The molecule has 0 radical (unpaired) electrons. The van der Waals surface area contributed by atoms with Crippen LogP contribution in [0.15, 0.2) is 30.9 Å². The zero-order valence-electron chi connectivity index (χ0n) is 9.94. The highest BCUT2D eigenvalue weighted by molar-refractivity contribution is 6.40. The van der Waals surface area contributed by atoms with Gasteiger partial charge in [-0.3, -0.25) is 4.79 Å². The third-order valence-electron chi connectivity index (χ3n) is 2.49. The van der Waals surface area contributed by atoms with Crippen molar-refractivity contribution < 1.29 is 4.79 Å². The van der Waals surface area contributed by atoms with Crippen LogP contribution in [0.5, 0.6) is 0 Å². The van der Waals surface area contributed by atoms with Crippen LogP contribution in [0.3, 0.4) is 0 Å². The van der Waals surface area contributed by atoms with E-state index in [1.807, 2.05) is 4.57 Å². The Labute approximate surface area is 120 Å². The van der Waals surface area contributed by atoms with Crippen LogP contribution in [-0.4, -0.2) is 15.5 Å². The van der Waals surface area contributed by atoms with Crippen LogP contribution in [0.4, 0.5) is 11.4 Å². The number of hydrogen-bond acceptors (Lipinski definition) is 3. The molecule has 0 saturated heterocycles. The minimum atomic E-state index is -0.178. The molecule has 0 saturated carbocycles. The molecule has 2 rings (SSSR count). The quantitative estimate of drug-likeness (QED) is 0.853. The molecule has 0 aliphatic rings. The van der Waals surface area contributed by atoms with E-state index in [0.717, 1.165) is 0 Å². The SMILES string of the molecule is Nc1cc(Cl)c(NC(=O)CCn2ccnc2)c(Cl)c1. The first-order valence-electron chi connectivity index (χ1n) is 5.56. The van der Waals surface area contributed by atoms with Crippen molar-refractivity contribution in [1.29, 1.82) is 0 Å². The van der Waals surface area contributed by atoms with E-state index in [9.17, 15) is 4.79 Å². The normalized spacial score (nSPS) is 10.4. The van der Waals surface area contributed by atoms with Gasteiger partial charge >= 0.3 is 0 Å². The van der Waals surface area contributed by atoms with Gasteiger partial charge in [0.25, 0.3) is 0 Å². The summed E-state index contributed by atoms with van der Waals surface area (Å²) in [5.74, 6) is -0.178. The Morgan fingerprint density at radius 3 is 2.63 bits per heavy atom. The van der Waals surface area contributed by atoms with Gasteiger partial charge in [-0.1, -0.05) is 23.2 Å². The van der Waals surface area contributed by atoms with Gasteiger partial charge in [-0.2, -0.15) is 0 Å². The number of benzene rings is 1. The Hall–Kier alpha value is -1.72. The van der Waals surface area contributed by atoms with E-state index in [1.54, 1.807) is 30.9 Å². The predicted molar refractivity (Wildman–Crippen MR) is 76.3 cm³/mol. The molecule has 1 amide bonds. The van der Waals surface area contributed by atoms with E-state index in [0.29, 0.717) is 34.4 Å². The number of anilines is 2. The fourth-order valence-electron chi connectivity index (χ4n) is 1.56. The van der Waals surface area contributed by atoms with Gasteiger partial charge < -0.3 is 15.6 Å². The van der Waals surface area contributed by atoms with Gasteiger partial charge in [-0.05, 0) is 12.1 Å². The maximum atomic E-state index is 11.8. The van der Waals surface area contributed by atoms with E-state index < -0.39 is 0 Å². The van der Waals surface area contributed by atoms with Crippen molar-refractivity contribution in [2.45, 2.75) is 13.0 Å². The molecule has 0 bridgehead atoms. The van der Waals surface area contributed by atoms with Crippen molar-refractivity contribution in [2.24, 2.45) is 0 Å². The first-order valence-corrected chi connectivity index (χ1v) is 6.32. The molecule has 0 atom stereocenters. The topological polar surface area (TPSA) is 72.9 Å². The lowest BCUT2D eigenvalue weighted by Crippen LogP contribution is -2.14. The standard InChI is InChI=1S/C12H12Cl2N4O/c13-9-5-8(15)6-10(14)12(9)17-11(19)1-3-18-4-2-16-7-18/h2,4-7H,1,3,15H2,(H,17,19). The highest BCUT2D eigenvalue weighted by atomic mass is 35.5. The molecule has 0 aliphatic heterocycles. The average Bonchev–Trinajstić information content (AvgIpc) is 2.84. The maximum Gasteiger partial charge on any atom is 0.226 e. The van der Waals surface area contributed by atoms with Crippen LogP contribution in [0, 0.1) is 0 Å². The van der Waals surface area contributed by atoms with Crippen molar-refractivity contribution in [3.05, 3.63) is 40.9 Å². The van der Waals surface area contributed by atoms with Crippen LogP contribution in [-0.2, 0) is 11.3 Å². The zero-order chi connectivity index (χ0) is 13.8. The molecule has 0 spiro atoms. The minimum Gasteiger partial charge on any atom is -0.399 e. The number of nitrogens with one attached hydrogen (secondary N) is 1. The smallest absolute Gasteiger partial charge is 0.226 e. The lowest BCUT2D eigenvalue weighted by molar-refractivity contribution is -0.116. The number of imidazole rings is 1. The van der Waals surface area contributed by atoms with Gasteiger partial charge in [0.2, 0.25) is 5.91 Å². The molecular weight excluding hydrogens is 287 g/mol. The second kappa shape index (κ2) is 5.95. The van der Waals surface area contributed by atoms with Crippen molar-refractivity contribution in [2.75, 3.05) is 11.1 Å². The van der Waals surface area contributed by atoms with Gasteiger partial charge in [0.05, 0.1) is 22.1 Å². The van der Waals surface area contributed by atoms with E-state index in [1.165, 1.54) is 0 Å². The van der Waals surface area contributed by atoms with Crippen molar-refractivity contribution in [3.8, 4) is 0 Å². The predicted octanol–water partition coefficient (Wildman–Crippen LogP) is 2.80. The van der Waals surface area contributed by atoms with Gasteiger partial charge in [0.1, 0.15) is 0 Å². The number of hydrogen-bond donors (Lipinski definition) is 2. The highest BCUT2D eigenvalue weighted by Gasteiger charge is 2.10. The van der Waals surface area contributed by atoms with Crippen LogP contribution in [0.2, 0.25) is 10.0 Å². The van der Waals surface area contributed by atoms with Crippen molar-refractivity contribution in [3.63, 3.8) is 0 Å². The van der Waals surface area contributed by atoms with Crippen LogP contribution >= 0.6 is 23.2 Å². The summed E-state index contributed by atoms with van der Waals surface area (Å²) in [4.78, 5) is 15.7. The molecule has 19 heavy (non-hydrogen) atoms. The summed E-state index contributed by atoms with van der Waals surface area (Å²) in [7, 11) is 0. The first-order chi connectivity index (χ1) is 9.06. The first kappa shape index (κ1) is 13.7. The highest BCUT2D eigenvalue weighted by Crippen LogP contribution is 2.32. The largest absolute Gasteiger partial charge is 0.399 e. The number of aromatic nitrogens is 2. The Bertz CT molecular complexity index is 560. The van der Waals surface area contributed by atoms with E-state index in [-0.39, 0.29) is 5.91 Å². The van der Waals surface area contributed by atoms with E-state index >= 15 is 0 Å². The van der Waals surface area contributed by atoms with Crippen LogP contribution < -0.4 is 11.1 Å². The number of carbonyl (C=O) groups is 1. The van der Waals surface area contributed by atoms with Gasteiger partial charge in [0.15, 0.2) is 0 Å². The number of nitrogens with zero attached hydrogens (tertiary/aromatic N) is 2. The minimum absolute atomic E-state index is 0.178. The molecule has 0 aliphatic carbocycles. The molecule has 1 aromatic carbocycles. The fourth-order valence-corrected chi connectivity index (χ4v) is 2.16. The summed E-state index contributed by atoms with van der Waals surface area (Å²) in [6.45, 7) is 0.538. The summed E-state index contributed by atoms with van der Waals surface area (Å²) in [5.41, 5.74) is 6.42. The van der Waals surface area contributed by atoms with Crippen LogP contribution in [0.1, 0.15) is 6.42 Å². The number of halogens is 2. The van der Waals surface area contributed by atoms with Gasteiger partial charge in [0, 0.05) is 31.0 Å². The number of nitrogens with two attached hydrogens (primary N) is 1. The summed E-state index contributed by atoms with van der Waals surface area (Å²) >= 11 is 12.0. The molecule has 0 fully saturated rings. The second-order valence-electron chi connectivity index (χ2n) is 3.96. The monoisotopic (exact) mass is 298 g/mol. The second-order valence-corrected chi connectivity index (χ2v) is 4.77. The van der Waals surface area contributed by atoms with Gasteiger partial charge in [-0.25, -0.2) is 4.98 Å². The Kier molecular flexibility index (Phi) is 4.29. The molecule has 0 unspecified atom stereocenters. The molecule has 7 heteroatoms. The number of rotatable bonds is 4. The molecule has 2 aromatic rings. The summed E-state index contributed by atoms with van der Waals surface area (Å²) in [5, 5.41) is 3.32. The number of nitrogen functional groups attached to an aromatic ring is 1. The van der Waals surface area contributed by atoms with Gasteiger partial charge in [-0.15, -0.1) is 0 Å². The number of amides is 1. The van der Waals surface area contributed by atoms with Crippen LogP contribution in [0.25, 0.3) is 0 Å². The molecule has 100 valence electrons. The number of carbonyl (C=O) groups excluding carboxylic acids is 1. The van der Waals surface area contributed by atoms with Crippen molar-refractivity contribution in [1.82, 2.24) is 9.55 Å². The van der Waals surface area contributed by atoms with E-state index in [2.05, 4.69) is 10.3 Å².